The zero-order valence-electron chi connectivity index (χ0n) is 20.8. The predicted octanol–water partition coefficient (Wildman–Crippen LogP) is 1.27. The second kappa shape index (κ2) is 12.7. The van der Waals surface area contributed by atoms with Crippen molar-refractivity contribution in [2.75, 3.05) is 20.2 Å². The molecule has 0 bridgehead atoms. The summed E-state index contributed by atoms with van der Waals surface area (Å²) in [4.78, 5) is 57.8. The summed E-state index contributed by atoms with van der Waals surface area (Å²) >= 11 is 0. The van der Waals surface area contributed by atoms with Crippen molar-refractivity contribution in [2.45, 2.75) is 45.3 Å². The van der Waals surface area contributed by atoms with E-state index in [0.29, 0.717) is 12.2 Å². The summed E-state index contributed by atoms with van der Waals surface area (Å²) in [5.41, 5.74) is 1.05. The Kier molecular flexibility index (Phi) is 9.38. The van der Waals surface area contributed by atoms with Gasteiger partial charge in [0, 0.05) is 26.0 Å². The number of ether oxygens (including phenoxy) is 1. The topological polar surface area (TPSA) is 130 Å². The number of fused-ring (bicyclic) bond motifs is 1. The molecule has 0 unspecified atom stereocenters. The Bertz CT molecular complexity index is 1080. The lowest BCUT2D eigenvalue weighted by Crippen LogP contribution is -2.54. The van der Waals surface area contributed by atoms with Crippen LogP contribution in [0.15, 0.2) is 48.8 Å². The van der Waals surface area contributed by atoms with Gasteiger partial charge in [0.25, 0.3) is 5.91 Å². The molecule has 0 radical (unpaired) electrons. The maximum atomic E-state index is 13.1. The third-order valence-corrected chi connectivity index (χ3v) is 6.22. The van der Waals surface area contributed by atoms with Crippen LogP contribution < -0.4 is 20.7 Å². The third kappa shape index (κ3) is 7.03. The monoisotopic (exact) mass is 495 g/mol. The Hall–Kier alpha value is -3.95. The molecule has 36 heavy (non-hydrogen) atoms. The standard InChI is InChI=1S/C26H33N5O5/c1-4-17(2)23-26(35)31(3)13-14-36-21-8-6-5-7-19(21)24(33)29-20(15-22(32)30-23)25(34)28-16-18-9-11-27-12-10-18/h5-12,17,20,23H,4,13-16H2,1-3H3,(H,28,34)(H,29,33)(H,30,32)/t17-,20+,23+/m1/s1. The van der Waals surface area contributed by atoms with Crippen molar-refractivity contribution in [3.05, 3.63) is 59.9 Å². The van der Waals surface area contributed by atoms with Gasteiger partial charge in [-0.25, -0.2) is 0 Å². The van der Waals surface area contributed by atoms with Gasteiger partial charge in [-0.05, 0) is 35.7 Å². The van der Waals surface area contributed by atoms with Gasteiger partial charge in [-0.15, -0.1) is 0 Å². The molecule has 0 fully saturated rings. The van der Waals surface area contributed by atoms with Crippen molar-refractivity contribution in [1.82, 2.24) is 25.8 Å². The summed E-state index contributed by atoms with van der Waals surface area (Å²) in [5.74, 6) is -1.62. The number of benzene rings is 1. The minimum absolute atomic E-state index is 0.132. The molecule has 10 nitrogen and oxygen atoms in total. The molecule has 3 rings (SSSR count). The number of hydrogen-bond acceptors (Lipinski definition) is 6. The molecule has 3 atom stereocenters. The van der Waals surface area contributed by atoms with Crippen molar-refractivity contribution >= 4 is 23.6 Å². The van der Waals surface area contributed by atoms with E-state index in [2.05, 4.69) is 20.9 Å². The molecule has 4 amide bonds. The lowest BCUT2D eigenvalue weighted by atomic mass is 9.97. The van der Waals surface area contributed by atoms with E-state index in [0.717, 1.165) is 5.56 Å². The molecule has 192 valence electrons. The summed E-state index contributed by atoms with van der Waals surface area (Å²) in [6, 6.07) is 8.22. The van der Waals surface area contributed by atoms with E-state index in [4.69, 9.17) is 4.74 Å². The smallest absolute Gasteiger partial charge is 0.255 e. The van der Waals surface area contributed by atoms with Gasteiger partial charge in [0.05, 0.1) is 18.5 Å². The first-order chi connectivity index (χ1) is 17.3. The van der Waals surface area contributed by atoms with E-state index in [1.807, 2.05) is 13.8 Å². The largest absolute Gasteiger partial charge is 0.491 e. The van der Waals surface area contributed by atoms with Crippen molar-refractivity contribution < 1.29 is 23.9 Å². The van der Waals surface area contributed by atoms with Crippen LogP contribution in [0.3, 0.4) is 0 Å². The number of likely N-dealkylation sites (N-methyl/N-ethyl adjacent to an activating group) is 1. The molecule has 1 aromatic heterocycles. The lowest BCUT2D eigenvalue weighted by Gasteiger charge is -2.29. The van der Waals surface area contributed by atoms with E-state index in [9.17, 15) is 19.2 Å². The highest BCUT2D eigenvalue weighted by molar-refractivity contribution is 6.01. The van der Waals surface area contributed by atoms with Crippen molar-refractivity contribution in [3.8, 4) is 5.75 Å². The predicted molar refractivity (Wildman–Crippen MR) is 133 cm³/mol. The van der Waals surface area contributed by atoms with Crippen LogP contribution in [0, 0.1) is 5.92 Å². The zero-order chi connectivity index (χ0) is 26.1. The van der Waals surface area contributed by atoms with Gasteiger partial charge in [0.1, 0.15) is 24.4 Å². The van der Waals surface area contributed by atoms with Crippen molar-refractivity contribution in [2.24, 2.45) is 5.92 Å². The summed E-state index contributed by atoms with van der Waals surface area (Å²) in [7, 11) is 1.65. The van der Waals surface area contributed by atoms with Gasteiger partial charge in [0.15, 0.2) is 0 Å². The van der Waals surface area contributed by atoms with Gasteiger partial charge < -0.3 is 25.6 Å². The van der Waals surface area contributed by atoms with E-state index >= 15 is 0 Å². The highest BCUT2D eigenvalue weighted by Crippen LogP contribution is 2.19. The van der Waals surface area contributed by atoms with Crippen molar-refractivity contribution in [3.63, 3.8) is 0 Å². The lowest BCUT2D eigenvalue weighted by molar-refractivity contribution is -0.137. The molecule has 0 saturated carbocycles. The fourth-order valence-electron chi connectivity index (χ4n) is 3.78. The molecule has 1 aliphatic heterocycles. The number of hydrogen-bond donors (Lipinski definition) is 3. The Morgan fingerprint density at radius 3 is 2.61 bits per heavy atom. The SMILES string of the molecule is CC[C@@H](C)[C@@H]1NC(=O)C[C@@H](C(=O)NCc2ccncc2)NC(=O)c2ccccc2OCCN(C)C1=O. The van der Waals surface area contributed by atoms with Crippen LogP contribution >= 0.6 is 0 Å². The average molecular weight is 496 g/mol. The molecule has 10 heteroatoms. The van der Waals surface area contributed by atoms with Crippen LogP contribution in [0.4, 0.5) is 0 Å². The van der Waals surface area contributed by atoms with Crippen LogP contribution in [-0.4, -0.2) is 65.8 Å². The second-order valence-corrected chi connectivity index (χ2v) is 8.84. The molecule has 1 aromatic carbocycles. The summed E-state index contributed by atoms with van der Waals surface area (Å²) in [6.07, 6.45) is 3.55. The molecule has 0 spiro atoms. The normalized spacial score (nSPS) is 20.2. The van der Waals surface area contributed by atoms with E-state index in [1.165, 1.54) is 4.90 Å². The fourth-order valence-corrected chi connectivity index (χ4v) is 3.78. The van der Waals surface area contributed by atoms with Gasteiger partial charge >= 0.3 is 0 Å². The third-order valence-electron chi connectivity index (χ3n) is 6.22. The quantitative estimate of drug-likeness (QED) is 0.573. The van der Waals surface area contributed by atoms with Crippen LogP contribution in [0.2, 0.25) is 0 Å². The molecule has 2 aromatic rings. The molecular formula is C26H33N5O5. The first-order valence-electron chi connectivity index (χ1n) is 12.0. The number of aromatic nitrogens is 1. The summed E-state index contributed by atoms with van der Waals surface area (Å²) in [6.45, 7) is 4.45. The highest BCUT2D eigenvalue weighted by atomic mass is 16.5. The van der Waals surface area contributed by atoms with Crippen LogP contribution in [0.1, 0.15) is 42.6 Å². The summed E-state index contributed by atoms with van der Waals surface area (Å²) < 4.78 is 5.82. The van der Waals surface area contributed by atoms with E-state index in [1.54, 1.807) is 55.8 Å². The van der Waals surface area contributed by atoms with Gasteiger partial charge in [-0.3, -0.25) is 24.2 Å². The van der Waals surface area contributed by atoms with Gasteiger partial charge in [-0.1, -0.05) is 32.4 Å². The maximum absolute atomic E-state index is 13.1. The second-order valence-electron chi connectivity index (χ2n) is 8.84. The fraction of sp³-hybridized carbons (Fsp3) is 0.423. The van der Waals surface area contributed by atoms with Crippen LogP contribution in [0.5, 0.6) is 5.75 Å². The van der Waals surface area contributed by atoms with Gasteiger partial charge in [-0.2, -0.15) is 0 Å². The number of nitrogens with one attached hydrogen (secondary N) is 3. The Labute approximate surface area is 210 Å². The highest BCUT2D eigenvalue weighted by Gasteiger charge is 2.32. The molecular weight excluding hydrogens is 462 g/mol. The minimum atomic E-state index is -1.17. The number of carbonyl (C=O) groups excluding carboxylic acids is 4. The van der Waals surface area contributed by atoms with Gasteiger partial charge in [0.2, 0.25) is 17.7 Å². The number of amides is 4. The molecule has 1 aliphatic rings. The Morgan fingerprint density at radius 2 is 1.89 bits per heavy atom. The number of carbonyl (C=O) groups is 4. The molecule has 3 N–H and O–H groups in total. The average Bonchev–Trinajstić information content (AvgIpc) is 2.89. The summed E-state index contributed by atoms with van der Waals surface area (Å²) in [5, 5.41) is 8.22. The van der Waals surface area contributed by atoms with E-state index in [-0.39, 0.29) is 43.5 Å². The number of nitrogens with zero attached hydrogens (tertiary/aromatic N) is 2. The van der Waals surface area contributed by atoms with Crippen LogP contribution in [0.25, 0.3) is 0 Å². The van der Waals surface area contributed by atoms with Crippen molar-refractivity contribution in [1.29, 1.82) is 0 Å². The maximum Gasteiger partial charge on any atom is 0.255 e. The Morgan fingerprint density at radius 1 is 1.17 bits per heavy atom. The van der Waals surface area contributed by atoms with Crippen LogP contribution in [-0.2, 0) is 20.9 Å². The number of rotatable bonds is 5. The first kappa shape index (κ1) is 26.7. The number of para-hydroxylation sites is 1. The first-order valence-corrected chi connectivity index (χ1v) is 12.0. The van der Waals surface area contributed by atoms with E-state index < -0.39 is 29.8 Å². The molecule has 2 heterocycles. The molecule has 0 saturated heterocycles. The zero-order valence-corrected chi connectivity index (χ0v) is 20.8. The number of pyridine rings is 1. The minimum Gasteiger partial charge on any atom is -0.491 e. The molecule has 0 aliphatic carbocycles. The Balaban J connectivity index is 1.88.